The number of nitrogens with zero attached hydrogens (tertiary/aromatic N) is 10. The third kappa shape index (κ3) is 24.0. The Bertz CT molecular complexity index is 4390. The first kappa shape index (κ1) is 92.6. The fourth-order valence-corrected chi connectivity index (χ4v) is 18.4. The summed E-state index contributed by atoms with van der Waals surface area (Å²) in [5.41, 5.74) is 0.718. The molecule has 3 aliphatic rings. The average molecular weight is 1660 g/mol. The highest BCUT2D eigenvalue weighted by Crippen LogP contribution is 2.51. The second kappa shape index (κ2) is 40.8. The number of aryl methyl sites for hydroxylation is 1. The molecule has 4 aromatic heterocycles. The zero-order valence-electron chi connectivity index (χ0n) is 68.7. The number of fused-ring (bicyclic) bond motifs is 1. The molecule has 2 aromatic carbocycles. The van der Waals surface area contributed by atoms with Crippen LogP contribution in [0.1, 0.15) is 167 Å². The van der Waals surface area contributed by atoms with Gasteiger partial charge in [0.25, 0.3) is 17.4 Å². The molecule has 612 valence electrons. The van der Waals surface area contributed by atoms with E-state index in [1.54, 1.807) is 74.0 Å². The van der Waals surface area contributed by atoms with Crippen LogP contribution in [0.25, 0.3) is 11.2 Å². The molecule has 36 heteroatoms. The monoisotopic (exact) mass is 1660 g/mol. The summed E-state index contributed by atoms with van der Waals surface area (Å²) in [7, 11) is -10.7. The fourth-order valence-electron chi connectivity index (χ4n) is 11.5. The zero-order chi connectivity index (χ0) is 82.8. The Labute approximate surface area is 664 Å². The summed E-state index contributed by atoms with van der Waals surface area (Å²) >= 11 is 0. The van der Waals surface area contributed by atoms with Gasteiger partial charge in [0, 0.05) is 49.1 Å². The van der Waals surface area contributed by atoms with E-state index in [1.807, 2.05) is 56.6 Å². The highest BCUT2D eigenvalue weighted by molar-refractivity contribution is 7.46. The van der Waals surface area contributed by atoms with E-state index < -0.39 is 116 Å². The second-order valence-electron chi connectivity index (χ2n) is 31.9. The van der Waals surface area contributed by atoms with Crippen LogP contribution in [0.3, 0.4) is 0 Å². The van der Waals surface area contributed by atoms with Crippen molar-refractivity contribution in [2.75, 3.05) is 50.4 Å². The molecule has 0 aliphatic carbocycles. The number of ether oxygens (including phenoxy) is 3. The van der Waals surface area contributed by atoms with E-state index in [4.69, 9.17) is 70.4 Å². The number of hydrogen-bond acceptors (Lipinski definition) is 24. The van der Waals surface area contributed by atoms with Crippen molar-refractivity contribution in [1.82, 2.24) is 38.6 Å². The first-order valence-corrected chi connectivity index (χ1v) is 51.3. The maximum absolute atomic E-state index is 13.2. The van der Waals surface area contributed by atoms with E-state index in [-0.39, 0.29) is 96.2 Å². The number of rotatable bonds is 31. The Morgan fingerprint density at radius 3 is 1.30 bits per heavy atom. The smallest absolute Gasteiger partial charge is 0.351 e. The van der Waals surface area contributed by atoms with E-state index in [2.05, 4.69) is 156 Å². The van der Waals surface area contributed by atoms with Gasteiger partial charge >= 0.3 is 11.4 Å². The van der Waals surface area contributed by atoms with Crippen molar-refractivity contribution in [2.24, 2.45) is 0 Å². The minimum absolute atomic E-state index is 0.0189. The molecule has 6 unspecified atom stereocenters. The Morgan fingerprint density at radius 1 is 0.545 bits per heavy atom. The average Bonchev–Trinajstić information content (AvgIpc) is 1.61. The summed E-state index contributed by atoms with van der Waals surface area (Å²) in [4.78, 5) is 82.9. The number of carbonyl (C=O) groups excluding carboxylic acids is 2. The van der Waals surface area contributed by atoms with Crippen LogP contribution in [0.4, 0.5) is 11.6 Å². The lowest BCUT2D eigenvalue weighted by atomic mass is 10.1. The zero-order valence-corrected chi connectivity index (χ0v) is 74.4. The van der Waals surface area contributed by atoms with Crippen molar-refractivity contribution in [3.8, 4) is 18.2 Å². The minimum Gasteiger partial charge on any atom is -0.408 e. The third-order valence-corrected chi connectivity index (χ3v) is 37.4. The van der Waals surface area contributed by atoms with Crippen molar-refractivity contribution in [2.45, 2.75) is 257 Å². The number of H-pyrrole nitrogens is 1. The minimum atomic E-state index is -2.24. The molecule has 0 bridgehead atoms. The van der Waals surface area contributed by atoms with Crippen LogP contribution < -0.4 is 27.6 Å². The molecule has 7 heterocycles. The van der Waals surface area contributed by atoms with Gasteiger partial charge in [0.15, 0.2) is 85.7 Å². The second-order valence-corrected chi connectivity index (χ2v) is 50.2. The predicted octanol–water partition coefficient (Wildman–Crippen LogP) is 15.3. The van der Waals surface area contributed by atoms with Crippen LogP contribution >= 0.6 is 25.1 Å². The molecule has 0 saturated carbocycles. The summed E-state index contributed by atoms with van der Waals surface area (Å²) in [6.45, 7) is 46.7. The van der Waals surface area contributed by atoms with E-state index in [1.165, 1.54) is 21.7 Å². The van der Waals surface area contributed by atoms with Gasteiger partial charge in [-0.2, -0.15) is 20.8 Å². The number of imidazole rings is 1. The van der Waals surface area contributed by atoms with Gasteiger partial charge in [-0.05, 0) is 111 Å². The van der Waals surface area contributed by atoms with Crippen LogP contribution in [0, 0.1) is 40.9 Å². The number of hydrogen-bond donors (Lipinski definition) is 3. The van der Waals surface area contributed by atoms with Gasteiger partial charge in [-0.15, -0.1) is 0 Å². The molecule has 3 aliphatic heterocycles. The fraction of sp³-hybridized carbons (Fsp3) is 0.605. The van der Waals surface area contributed by atoms with Crippen LogP contribution in [0.15, 0.2) is 106 Å². The van der Waals surface area contributed by atoms with Crippen molar-refractivity contribution in [3.63, 3.8) is 0 Å². The van der Waals surface area contributed by atoms with Gasteiger partial charge in [0.1, 0.15) is 48.8 Å². The van der Waals surface area contributed by atoms with Gasteiger partial charge in [-0.3, -0.25) is 33.1 Å². The van der Waals surface area contributed by atoms with Crippen molar-refractivity contribution >= 4 is 84.7 Å². The molecule has 3 N–H and O–H groups in total. The van der Waals surface area contributed by atoms with Gasteiger partial charge in [0.2, 0.25) is 0 Å². The van der Waals surface area contributed by atoms with Crippen molar-refractivity contribution < 1.29 is 64.2 Å². The molecule has 6 aromatic rings. The lowest BCUT2D eigenvalue weighted by Crippen LogP contribution is -2.49. The topological polar surface area (TPSA) is 374 Å². The molecule has 3 saturated heterocycles. The number of aromatic amines is 1. The SMILES string of the molecule is CC[C@H]1O[C@@H](n2cc(C)c(=O)[nH]c2=O)[C@@H](OP(C)OCCC#N)C1O[Si](C)(C)C(C)(C)C.CC[C@H]1O[C@@H](n2ccc(NC(=O)c3ccccc3)nc2=O)[C@@H](OP(C)OCCC#N)C1O[Si](C)(C)C(C)(C)C.CC[C@H]1O[C@@H](n2cnc3c(NC(=O)c4ccccc4)ncnc32)[C@@H](OP(C)OCCC#N)C1O[Si](C)(C)C(C)(C)C. The summed E-state index contributed by atoms with van der Waals surface area (Å²) in [5, 5.41) is 32.0. The first-order chi connectivity index (χ1) is 52.7. The number of amides is 2. The highest BCUT2D eigenvalue weighted by atomic mass is 31.2. The Balaban J connectivity index is 0.000000235. The lowest BCUT2D eigenvalue weighted by molar-refractivity contribution is -0.0351. The van der Waals surface area contributed by atoms with E-state index in [0.29, 0.717) is 52.9 Å². The number of nitriles is 3. The lowest BCUT2D eigenvalue weighted by Gasteiger charge is -2.40. The molecular formula is C76H114N13O17P3Si3. The van der Waals surface area contributed by atoms with Crippen LogP contribution in [0.5, 0.6) is 0 Å². The maximum atomic E-state index is 13.2. The maximum Gasteiger partial charge on any atom is 0.351 e. The van der Waals surface area contributed by atoms with Crippen LogP contribution in [-0.2, 0) is 54.6 Å². The predicted molar refractivity (Wildman–Crippen MR) is 439 cm³/mol. The van der Waals surface area contributed by atoms with E-state index >= 15 is 0 Å². The molecule has 2 amide bonds. The van der Waals surface area contributed by atoms with E-state index in [0.717, 1.165) is 0 Å². The van der Waals surface area contributed by atoms with Gasteiger partial charge in [-0.1, -0.05) is 119 Å². The highest BCUT2D eigenvalue weighted by Gasteiger charge is 2.55. The van der Waals surface area contributed by atoms with Crippen molar-refractivity contribution in [1.29, 1.82) is 15.8 Å². The number of nitrogens with one attached hydrogen (secondary N) is 3. The standard InChI is InChI=1S/C28H39N6O5PSi.C27H39N4O6PSi.C21H36N3O6PSi/c1-8-20-22(39-41(6,7)28(2,3)4)23(38-40(5)36-16-12-15-29)27(37-20)34-18-32-21-24(30-17-31-25(21)34)33-26(35)19-13-10-9-11-14-19;1-8-20-22(37-39(6,7)27(2,3)4)23(36-38(5)34-18-12-16-28)25(35-20)31-17-15-21(30-26(31)33)29-24(32)19-13-10-9-11-14-19;1-9-15-16(30-32(7,8)21(3,4)5)17(29-31(6)27-12-10-11-22)19(28-15)24-13-14(2)18(25)23-20(24)26/h9-11,13-14,17-18,20,22-23,27H,8,12,16H2,1-7H3,(H,30,31,33,35);9-11,13-15,17,20,22-23,25H,8,12,18H2,1-7H3,(H,29,30,32,33);13,15-17,19H,9-10,12H2,1-8H3,(H,23,25,26)/t20-,22?,23+,27-,40?;20-,22?,23+,25-,38?;15-,16?,17+,19-,31?/m111/s1. The number of carbonyl (C=O) groups is 2. The Morgan fingerprint density at radius 2 is 0.929 bits per heavy atom. The summed E-state index contributed by atoms with van der Waals surface area (Å²) in [5.74, 6) is -0.215. The molecule has 30 nitrogen and oxygen atoms in total. The normalized spacial score (nSPS) is 23.0. The molecule has 0 radical (unpaired) electrons. The van der Waals surface area contributed by atoms with Gasteiger partial charge < -0.3 is 65.3 Å². The van der Waals surface area contributed by atoms with Crippen LogP contribution in [-0.4, -0.2) is 170 Å². The molecule has 3 fully saturated rings. The first-order valence-electron chi connectivity index (χ1n) is 37.7. The molecule has 0 spiro atoms. The van der Waals surface area contributed by atoms with Gasteiger partial charge in [-0.25, -0.2) is 24.5 Å². The quantitative estimate of drug-likeness (QED) is 0.0207. The Hall–Kier alpha value is -6.58. The van der Waals surface area contributed by atoms with Crippen molar-refractivity contribution in [3.05, 3.63) is 140 Å². The summed E-state index contributed by atoms with van der Waals surface area (Å²) < 4.78 is 80.9. The Kier molecular flexibility index (Phi) is 33.7. The molecule has 15 atom stereocenters. The number of aromatic nitrogens is 8. The number of benzene rings is 2. The summed E-state index contributed by atoms with van der Waals surface area (Å²) in [6, 6.07) is 25.4. The molecule has 112 heavy (non-hydrogen) atoms. The van der Waals surface area contributed by atoms with Gasteiger partial charge in [0.05, 0.1) is 81.9 Å². The van der Waals surface area contributed by atoms with Crippen LogP contribution in [0.2, 0.25) is 54.4 Å². The van der Waals surface area contributed by atoms with E-state index in [9.17, 15) is 24.0 Å². The molecule has 9 rings (SSSR count). The third-order valence-electron chi connectivity index (χ3n) is 20.7. The molecular weight excluding hydrogens is 1540 g/mol. The number of anilines is 2. The summed E-state index contributed by atoms with van der Waals surface area (Å²) in [6.07, 6.45) is 2.87. The largest absolute Gasteiger partial charge is 0.408 e.